The first-order chi connectivity index (χ1) is 16.5. The van der Waals surface area contributed by atoms with Gasteiger partial charge in [0, 0.05) is 28.6 Å². The molecule has 0 N–H and O–H groups in total. The zero-order valence-corrected chi connectivity index (χ0v) is 20.0. The molecule has 1 aliphatic rings. The first-order valence-corrected chi connectivity index (χ1v) is 12.1. The Kier molecular flexibility index (Phi) is 4.84. The van der Waals surface area contributed by atoms with Gasteiger partial charge in [-0.05, 0) is 70.0 Å². The van der Waals surface area contributed by atoms with Gasteiger partial charge in [-0.3, -0.25) is 9.97 Å². The highest BCUT2D eigenvalue weighted by Gasteiger charge is 2.21. The van der Waals surface area contributed by atoms with Crippen molar-refractivity contribution >= 4 is 10.8 Å². The van der Waals surface area contributed by atoms with Gasteiger partial charge in [0.05, 0.1) is 11.4 Å². The monoisotopic (exact) mass is 440 g/mol. The summed E-state index contributed by atoms with van der Waals surface area (Å²) in [5.41, 5.74) is 10.8. The molecule has 0 radical (unpaired) electrons. The van der Waals surface area contributed by atoms with E-state index >= 15 is 0 Å². The quantitative estimate of drug-likeness (QED) is 0.278. The van der Waals surface area contributed by atoms with Crippen LogP contribution in [0.15, 0.2) is 91.1 Å². The van der Waals surface area contributed by atoms with Crippen LogP contribution in [0.3, 0.4) is 0 Å². The van der Waals surface area contributed by atoms with Crippen LogP contribution in [0.5, 0.6) is 0 Å². The van der Waals surface area contributed by atoms with Crippen molar-refractivity contribution in [2.75, 3.05) is 0 Å². The first-order valence-electron chi connectivity index (χ1n) is 12.1. The van der Waals surface area contributed by atoms with E-state index in [-0.39, 0.29) is 5.41 Å². The molecular formula is C32H28N2. The molecule has 1 aliphatic carbocycles. The Hall–Kier alpha value is -3.78. The molecule has 3 aromatic carbocycles. The minimum atomic E-state index is 0.0498. The molecule has 0 unspecified atom stereocenters. The Morgan fingerprint density at radius 1 is 0.676 bits per heavy atom. The van der Waals surface area contributed by atoms with Crippen LogP contribution in [0.25, 0.3) is 44.4 Å². The minimum Gasteiger partial charge on any atom is -0.256 e. The molecule has 0 spiro atoms. The second-order valence-corrected chi connectivity index (χ2v) is 10.3. The third-order valence-corrected chi connectivity index (χ3v) is 6.92. The molecule has 2 heteroatoms. The van der Waals surface area contributed by atoms with Crippen molar-refractivity contribution in [3.63, 3.8) is 0 Å². The van der Waals surface area contributed by atoms with Crippen molar-refractivity contribution in [2.45, 2.75) is 39.0 Å². The summed E-state index contributed by atoms with van der Waals surface area (Å²) < 4.78 is 0. The minimum absolute atomic E-state index is 0.0498. The normalized spacial score (nSPS) is 12.9. The maximum absolute atomic E-state index is 5.05. The fourth-order valence-corrected chi connectivity index (χ4v) is 5.13. The Morgan fingerprint density at radius 2 is 1.47 bits per heavy atom. The van der Waals surface area contributed by atoms with E-state index < -0.39 is 0 Å². The smallest absolute Gasteiger partial charge is 0.0708 e. The molecule has 0 atom stereocenters. The van der Waals surface area contributed by atoms with Gasteiger partial charge in [-0.2, -0.15) is 0 Å². The Bertz CT molecular complexity index is 1520. The molecule has 2 aromatic heterocycles. The third-order valence-electron chi connectivity index (χ3n) is 6.92. The summed E-state index contributed by atoms with van der Waals surface area (Å²) >= 11 is 0. The highest BCUT2D eigenvalue weighted by atomic mass is 14.7. The largest absolute Gasteiger partial charge is 0.256 e. The fraction of sp³-hybridized carbons (Fsp3) is 0.188. The molecule has 2 heterocycles. The molecular weight excluding hydrogens is 412 g/mol. The summed E-state index contributed by atoms with van der Waals surface area (Å²) in [6.07, 6.45) is 4.00. The number of nitrogens with zero attached hydrogens (tertiary/aromatic N) is 2. The van der Waals surface area contributed by atoms with Crippen LogP contribution in [-0.4, -0.2) is 9.97 Å². The summed E-state index contributed by atoms with van der Waals surface area (Å²) in [7, 11) is 0. The molecule has 166 valence electrons. The van der Waals surface area contributed by atoms with Crippen LogP contribution in [0.1, 0.15) is 37.6 Å². The topological polar surface area (TPSA) is 25.8 Å². The predicted molar refractivity (Wildman–Crippen MR) is 142 cm³/mol. The van der Waals surface area contributed by atoms with E-state index in [0.717, 1.165) is 29.8 Å². The number of benzene rings is 3. The zero-order valence-electron chi connectivity index (χ0n) is 20.0. The van der Waals surface area contributed by atoms with Crippen molar-refractivity contribution < 1.29 is 0 Å². The van der Waals surface area contributed by atoms with E-state index in [9.17, 15) is 0 Å². The van der Waals surface area contributed by atoms with Crippen LogP contribution in [0.4, 0.5) is 0 Å². The van der Waals surface area contributed by atoms with E-state index in [1.807, 2.05) is 6.07 Å². The van der Waals surface area contributed by atoms with Crippen molar-refractivity contribution in [3.8, 4) is 33.6 Å². The van der Waals surface area contributed by atoms with Gasteiger partial charge in [0.2, 0.25) is 0 Å². The average molecular weight is 441 g/mol. The van der Waals surface area contributed by atoms with Gasteiger partial charge in [0.15, 0.2) is 0 Å². The molecule has 5 aromatic rings. The second kappa shape index (κ2) is 7.92. The van der Waals surface area contributed by atoms with Gasteiger partial charge < -0.3 is 0 Å². The molecule has 0 fully saturated rings. The lowest BCUT2D eigenvalue weighted by Crippen LogP contribution is -2.12. The van der Waals surface area contributed by atoms with Gasteiger partial charge in [-0.1, -0.05) is 81.4 Å². The molecule has 0 saturated carbocycles. The molecule has 0 bridgehead atoms. The fourth-order valence-electron chi connectivity index (χ4n) is 5.13. The van der Waals surface area contributed by atoms with Crippen LogP contribution in [0, 0.1) is 0 Å². The summed E-state index contributed by atoms with van der Waals surface area (Å²) in [5.74, 6) is 0. The molecule has 0 aliphatic heterocycles. The van der Waals surface area contributed by atoms with Crippen molar-refractivity contribution in [3.05, 3.63) is 108 Å². The first kappa shape index (κ1) is 20.8. The third kappa shape index (κ3) is 3.60. The predicted octanol–water partition coefficient (Wildman–Crippen LogP) is 8.03. The zero-order chi connectivity index (χ0) is 23.3. The molecule has 0 saturated heterocycles. The van der Waals surface area contributed by atoms with Crippen molar-refractivity contribution in [2.24, 2.45) is 0 Å². The molecule has 2 nitrogen and oxygen atoms in total. The number of hydrogen-bond donors (Lipinski definition) is 0. The van der Waals surface area contributed by atoms with Crippen molar-refractivity contribution in [1.82, 2.24) is 9.97 Å². The molecule has 0 amide bonds. The standard InChI is InChI=1S/C32H28N2/c1-32(2,3)28-18-24(17-22-11-7-8-12-25(22)28)31-19-27-23(20-33-31)13-15-30-26(27)14-16-29(34-30)21-9-5-4-6-10-21/h4-12,14,16-20H,13,15H2,1-3H3. The lowest BCUT2D eigenvalue weighted by Gasteiger charge is -2.23. The SMILES string of the molecule is CC(C)(C)c1cc(-c2cc3c(cn2)CCc2nc(-c4ccccc4)ccc2-3)cc2ccccc12. The lowest BCUT2D eigenvalue weighted by atomic mass is 9.82. The maximum Gasteiger partial charge on any atom is 0.0708 e. The van der Waals surface area contributed by atoms with Gasteiger partial charge in [-0.25, -0.2) is 0 Å². The van der Waals surface area contributed by atoms with E-state index in [2.05, 4.69) is 106 Å². The highest BCUT2D eigenvalue weighted by Crippen LogP contribution is 2.38. The Labute approximate surface area is 201 Å². The lowest BCUT2D eigenvalue weighted by molar-refractivity contribution is 0.596. The van der Waals surface area contributed by atoms with E-state index in [4.69, 9.17) is 9.97 Å². The van der Waals surface area contributed by atoms with Gasteiger partial charge in [0.25, 0.3) is 0 Å². The summed E-state index contributed by atoms with van der Waals surface area (Å²) in [6.45, 7) is 6.85. The van der Waals surface area contributed by atoms with Crippen molar-refractivity contribution in [1.29, 1.82) is 0 Å². The molecule has 6 rings (SSSR count). The van der Waals surface area contributed by atoms with Gasteiger partial charge >= 0.3 is 0 Å². The number of fused-ring (bicyclic) bond motifs is 4. The summed E-state index contributed by atoms with van der Waals surface area (Å²) in [6, 6.07) is 30.4. The van der Waals surface area contributed by atoms with Crippen LogP contribution >= 0.6 is 0 Å². The number of aromatic nitrogens is 2. The van der Waals surface area contributed by atoms with E-state index in [1.165, 1.54) is 44.3 Å². The van der Waals surface area contributed by atoms with Gasteiger partial charge in [0.1, 0.15) is 0 Å². The molecule has 34 heavy (non-hydrogen) atoms. The second-order valence-electron chi connectivity index (χ2n) is 10.3. The average Bonchev–Trinajstić information content (AvgIpc) is 2.87. The number of pyridine rings is 2. The van der Waals surface area contributed by atoms with Crippen LogP contribution < -0.4 is 0 Å². The number of hydrogen-bond acceptors (Lipinski definition) is 2. The summed E-state index contributed by atoms with van der Waals surface area (Å²) in [4.78, 5) is 9.96. The van der Waals surface area contributed by atoms with E-state index in [1.54, 1.807) is 0 Å². The Morgan fingerprint density at radius 3 is 2.29 bits per heavy atom. The maximum atomic E-state index is 5.05. The van der Waals surface area contributed by atoms with Crippen LogP contribution in [0.2, 0.25) is 0 Å². The van der Waals surface area contributed by atoms with E-state index in [0.29, 0.717) is 0 Å². The number of aryl methyl sites for hydroxylation is 2. The highest BCUT2D eigenvalue weighted by molar-refractivity contribution is 5.91. The Balaban J connectivity index is 1.48. The van der Waals surface area contributed by atoms with Crippen LogP contribution in [-0.2, 0) is 18.3 Å². The van der Waals surface area contributed by atoms with Gasteiger partial charge in [-0.15, -0.1) is 0 Å². The number of rotatable bonds is 2. The summed E-state index contributed by atoms with van der Waals surface area (Å²) in [5, 5.41) is 2.58.